The second kappa shape index (κ2) is 6.78. The Balaban J connectivity index is 1.51. The molecule has 1 amide bonds. The van der Waals surface area contributed by atoms with Crippen molar-refractivity contribution in [3.63, 3.8) is 0 Å². The van der Waals surface area contributed by atoms with E-state index in [4.69, 9.17) is 5.73 Å². The maximum atomic E-state index is 11.9. The molecule has 4 N–H and O–H groups in total. The largest absolute Gasteiger partial charge is 0.477 e. The number of fused-ring (bicyclic) bond motifs is 1. The van der Waals surface area contributed by atoms with Gasteiger partial charge in [-0.1, -0.05) is 42.1 Å². The number of β-lactam (4-membered cyclic amide) rings is 1. The molecule has 2 atom stereocenters. The number of carbonyl (C=O) groups excluding carboxylic acids is 1. The van der Waals surface area contributed by atoms with Crippen molar-refractivity contribution in [3.05, 3.63) is 41.6 Å². The first kappa shape index (κ1) is 17.1. The standard InChI is InChI=1S/C16H15N5O3S2/c17-10-13(22)21-11(15(23)24)9(6-25-14(10)21)7-26-16-18-12(19-20-16)8-4-2-1-3-5-8/h1-5,10,14H,6-7,17H2,(H,23,24)(H,18,19,20)/t10-,14?/m1/s1. The Morgan fingerprint density at radius 3 is 2.92 bits per heavy atom. The molecule has 1 saturated heterocycles. The molecule has 0 saturated carbocycles. The zero-order valence-corrected chi connectivity index (χ0v) is 15.1. The number of aliphatic carboxylic acids is 1. The molecule has 1 fully saturated rings. The van der Waals surface area contributed by atoms with Crippen molar-refractivity contribution in [1.82, 2.24) is 20.1 Å². The Kier molecular flexibility index (Phi) is 4.47. The summed E-state index contributed by atoms with van der Waals surface area (Å²) in [5.41, 5.74) is 7.40. The molecule has 0 spiro atoms. The van der Waals surface area contributed by atoms with Gasteiger partial charge < -0.3 is 10.8 Å². The highest BCUT2D eigenvalue weighted by molar-refractivity contribution is 8.01. The maximum absolute atomic E-state index is 11.9. The molecule has 3 heterocycles. The van der Waals surface area contributed by atoms with Gasteiger partial charge in [-0.15, -0.1) is 16.9 Å². The predicted molar refractivity (Wildman–Crippen MR) is 98.3 cm³/mol. The number of H-pyrrole nitrogens is 1. The third-order valence-corrected chi connectivity index (χ3v) is 6.47. The summed E-state index contributed by atoms with van der Waals surface area (Å²) in [6.45, 7) is 0. The molecular weight excluding hydrogens is 374 g/mol. The molecule has 0 radical (unpaired) electrons. The third-order valence-electron chi connectivity index (χ3n) is 4.18. The quantitative estimate of drug-likeness (QED) is 0.514. The minimum Gasteiger partial charge on any atom is -0.477 e. The number of hydrogen-bond donors (Lipinski definition) is 3. The van der Waals surface area contributed by atoms with Gasteiger partial charge in [0, 0.05) is 17.1 Å². The van der Waals surface area contributed by atoms with E-state index in [2.05, 4.69) is 15.2 Å². The van der Waals surface area contributed by atoms with Crippen LogP contribution in [0, 0.1) is 0 Å². The number of benzene rings is 1. The summed E-state index contributed by atoms with van der Waals surface area (Å²) in [5.74, 6) is 0.124. The molecule has 2 aliphatic heterocycles. The van der Waals surface area contributed by atoms with Crippen LogP contribution < -0.4 is 5.73 Å². The zero-order valence-electron chi connectivity index (χ0n) is 13.5. The van der Waals surface area contributed by atoms with Gasteiger partial charge in [0.1, 0.15) is 17.1 Å². The molecule has 1 unspecified atom stereocenters. The van der Waals surface area contributed by atoms with Crippen LogP contribution in [0.25, 0.3) is 11.4 Å². The van der Waals surface area contributed by atoms with E-state index in [0.29, 0.717) is 28.1 Å². The number of carboxylic acid groups (broad SMARTS) is 1. The minimum absolute atomic E-state index is 0.0479. The second-order valence-electron chi connectivity index (χ2n) is 5.81. The fourth-order valence-electron chi connectivity index (χ4n) is 2.88. The van der Waals surface area contributed by atoms with Crippen molar-refractivity contribution in [2.24, 2.45) is 5.73 Å². The van der Waals surface area contributed by atoms with E-state index in [1.165, 1.54) is 28.4 Å². The van der Waals surface area contributed by atoms with Gasteiger partial charge in [0.2, 0.25) is 11.1 Å². The highest BCUT2D eigenvalue weighted by Crippen LogP contribution is 2.40. The Bertz CT molecular complexity index is 898. The molecule has 26 heavy (non-hydrogen) atoms. The number of carbonyl (C=O) groups is 2. The first-order valence-electron chi connectivity index (χ1n) is 7.82. The summed E-state index contributed by atoms with van der Waals surface area (Å²) in [6.07, 6.45) is 0. The van der Waals surface area contributed by atoms with Gasteiger partial charge in [-0.2, -0.15) is 0 Å². The molecule has 1 aromatic carbocycles. The average molecular weight is 389 g/mol. The lowest BCUT2D eigenvalue weighted by Crippen LogP contribution is -2.68. The van der Waals surface area contributed by atoms with Gasteiger partial charge in [0.05, 0.1) is 0 Å². The highest BCUT2D eigenvalue weighted by atomic mass is 32.2. The van der Waals surface area contributed by atoms with Crippen molar-refractivity contribution in [2.75, 3.05) is 11.5 Å². The van der Waals surface area contributed by atoms with E-state index in [9.17, 15) is 14.7 Å². The van der Waals surface area contributed by atoms with Gasteiger partial charge in [-0.25, -0.2) is 9.78 Å². The summed E-state index contributed by atoms with van der Waals surface area (Å²) in [5, 5.41) is 16.8. The number of nitrogens with two attached hydrogens (primary N) is 1. The normalized spacial score (nSPS) is 22.2. The molecule has 2 aromatic rings. The lowest BCUT2D eigenvalue weighted by atomic mass is 10.0. The number of amides is 1. The Hall–Kier alpha value is -2.30. The second-order valence-corrected chi connectivity index (χ2v) is 7.86. The topological polar surface area (TPSA) is 125 Å². The van der Waals surface area contributed by atoms with Crippen molar-refractivity contribution in [3.8, 4) is 11.4 Å². The predicted octanol–water partition coefficient (Wildman–Crippen LogP) is 1.14. The number of aromatic amines is 1. The van der Waals surface area contributed by atoms with Gasteiger partial charge >= 0.3 is 5.97 Å². The molecular formula is C16H15N5O3S2. The fourth-order valence-corrected chi connectivity index (χ4v) is 5.11. The van der Waals surface area contributed by atoms with Crippen molar-refractivity contribution < 1.29 is 14.7 Å². The Morgan fingerprint density at radius 1 is 1.42 bits per heavy atom. The SMILES string of the molecule is N[C@@H]1C(=O)N2C(C(=O)O)=C(CSc3n[nH]c(-c4ccccc4)n3)CSC12. The van der Waals surface area contributed by atoms with Gasteiger partial charge in [-0.3, -0.25) is 14.8 Å². The zero-order chi connectivity index (χ0) is 18.3. The van der Waals surface area contributed by atoms with Gasteiger partial charge in [0.25, 0.3) is 0 Å². The number of nitrogens with zero attached hydrogens (tertiary/aromatic N) is 3. The Morgan fingerprint density at radius 2 is 2.19 bits per heavy atom. The lowest BCUT2D eigenvalue weighted by Gasteiger charge is -2.48. The molecule has 4 rings (SSSR count). The fraction of sp³-hybridized carbons (Fsp3) is 0.250. The monoisotopic (exact) mass is 389 g/mol. The van der Waals surface area contributed by atoms with Crippen LogP contribution in [0.3, 0.4) is 0 Å². The van der Waals surface area contributed by atoms with Crippen molar-refractivity contribution in [2.45, 2.75) is 16.6 Å². The van der Waals surface area contributed by atoms with Crippen LogP contribution in [-0.2, 0) is 9.59 Å². The summed E-state index contributed by atoms with van der Waals surface area (Å²) in [4.78, 5) is 29.3. The van der Waals surface area contributed by atoms with Gasteiger partial charge in [-0.05, 0) is 5.57 Å². The van der Waals surface area contributed by atoms with Crippen LogP contribution in [0.4, 0.5) is 0 Å². The number of rotatable bonds is 5. The Labute approximate surface area is 157 Å². The van der Waals surface area contributed by atoms with Crippen LogP contribution in [-0.4, -0.2) is 60.0 Å². The van der Waals surface area contributed by atoms with E-state index in [1.54, 1.807) is 0 Å². The number of nitrogens with one attached hydrogen (secondary N) is 1. The highest BCUT2D eigenvalue weighted by Gasteiger charge is 2.51. The summed E-state index contributed by atoms with van der Waals surface area (Å²) >= 11 is 2.82. The average Bonchev–Trinajstić information content (AvgIpc) is 3.14. The smallest absolute Gasteiger partial charge is 0.352 e. The van der Waals surface area contributed by atoms with Crippen LogP contribution in [0.1, 0.15) is 0 Å². The first-order valence-corrected chi connectivity index (χ1v) is 9.86. The number of aromatic nitrogens is 3. The van der Waals surface area contributed by atoms with Crippen molar-refractivity contribution in [1.29, 1.82) is 0 Å². The molecule has 0 bridgehead atoms. The van der Waals surface area contributed by atoms with Gasteiger partial charge in [0.15, 0.2) is 5.82 Å². The van der Waals surface area contributed by atoms with Crippen molar-refractivity contribution >= 4 is 35.4 Å². The number of thioether (sulfide) groups is 2. The molecule has 10 heteroatoms. The lowest BCUT2D eigenvalue weighted by molar-refractivity contribution is -0.147. The summed E-state index contributed by atoms with van der Waals surface area (Å²) in [6, 6.07) is 8.99. The molecule has 0 aliphatic carbocycles. The van der Waals surface area contributed by atoms with Crippen LogP contribution in [0.15, 0.2) is 46.8 Å². The van der Waals surface area contributed by atoms with Crippen LogP contribution in [0.5, 0.6) is 0 Å². The molecule has 134 valence electrons. The first-order chi connectivity index (χ1) is 12.6. The van der Waals surface area contributed by atoms with E-state index in [1.807, 2.05) is 30.3 Å². The number of hydrogen-bond acceptors (Lipinski definition) is 7. The van der Waals surface area contributed by atoms with Crippen LogP contribution >= 0.6 is 23.5 Å². The van der Waals surface area contributed by atoms with E-state index in [-0.39, 0.29) is 17.0 Å². The van der Waals surface area contributed by atoms with Crippen LogP contribution in [0.2, 0.25) is 0 Å². The molecule has 2 aliphatic rings. The molecule has 1 aromatic heterocycles. The van der Waals surface area contributed by atoms with E-state index >= 15 is 0 Å². The summed E-state index contributed by atoms with van der Waals surface area (Å²) in [7, 11) is 0. The minimum atomic E-state index is -1.11. The third kappa shape index (κ3) is 2.89. The van der Waals surface area contributed by atoms with E-state index in [0.717, 1.165) is 5.56 Å². The number of carboxylic acids is 1. The maximum Gasteiger partial charge on any atom is 0.352 e. The molecule has 8 nitrogen and oxygen atoms in total. The van der Waals surface area contributed by atoms with E-state index < -0.39 is 12.0 Å². The summed E-state index contributed by atoms with van der Waals surface area (Å²) < 4.78 is 0.